The number of nitro benzene ring substituents is 1. The Morgan fingerprint density at radius 2 is 1.66 bits per heavy atom. The molecule has 2 aliphatic heterocycles. The van der Waals surface area contributed by atoms with E-state index >= 15 is 0 Å². The summed E-state index contributed by atoms with van der Waals surface area (Å²) < 4.78 is 19.3. The molecule has 0 bridgehead atoms. The lowest BCUT2D eigenvalue weighted by molar-refractivity contribution is -0.384. The summed E-state index contributed by atoms with van der Waals surface area (Å²) in [5.41, 5.74) is -0.0776. The van der Waals surface area contributed by atoms with Crippen LogP contribution in [0.15, 0.2) is 72.3 Å². The number of non-ortho nitro benzene ring substituents is 1. The lowest BCUT2D eigenvalue weighted by Gasteiger charge is -2.49. The third-order valence-corrected chi connectivity index (χ3v) is 10.6. The number of benzene rings is 3. The largest absolute Gasteiger partial charge is 0.504 e. The number of fused-ring (bicyclic) bond motifs is 4. The molecule has 3 aromatic carbocycles. The van der Waals surface area contributed by atoms with Crippen molar-refractivity contribution in [2.75, 3.05) is 16.9 Å². The van der Waals surface area contributed by atoms with Crippen LogP contribution in [-0.4, -0.2) is 40.8 Å². The van der Waals surface area contributed by atoms with Gasteiger partial charge in [-0.3, -0.25) is 34.2 Å². The normalized spacial score (nSPS) is 28.2. The first kappa shape index (κ1) is 30.5. The Kier molecular flexibility index (Phi) is 6.97. The van der Waals surface area contributed by atoms with Gasteiger partial charge in [0.05, 0.1) is 51.6 Å². The van der Waals surface area contributed by atoms with E-state index in [1.807, 2.05) is 6.08 Å². The third kappa shape index (κ3) is 4.31. The van der Waals surface area contributed by atoms with Crippen molar-refractivity contribution in [3.8, 4) is 11.5 Å². The number of amides is 4. The summed E-state index contributed by atoms with van der Waals surface area (Å²) in [6.07, 6.45) is 2.12. The van der Waals surface area contributed by atoms with Crippen LogP contribution >= 0.6 is 11.6 Å². The van der Waals surface area contributed by atoms with Gasteiger partial charge in [-0.1, -0.05) is 29.3 Å². The molecule has 4 amide bonds. The molecule has 7 rings (SSSR count). The van der Waals surface area contributed by atoms with Gasteiger partial charge in [-0.2, -0.15) is 0 Å². The van der Waals surface area contributed by atoms with Gasteiger partial charge in [0.1, 0.15) is 5.82 Å². The highest BCUT2D eigenvalue weighted by molar-refractivity contribution is 6.32. The Bertz CT molecular complexity index is 1950. The number of imide groups is 2. The van der Waals surface area contributed by atoms with E-state index < -0.39 is 69.4 Å². The molecule has 2 heterocycles. The summed E-state index contributed by atoms with van der Waals surface area (Å²) in [5.74, 6) is -6.73. The number of carbonyl (C=O) groups is 4. The molecule has 1 N–H and O–H groups in total. The van der Waals surface area contributed by atoms with Crippen molar-refractivity contribution in [2.45, 2.75) is 25.7 Å². The van der Waals surface area contributed by atoms with E-state index in [4.69, 9.17) is 16.3 Å². The molecule has 47 heavy (non-hydrogen) atoms. The number of nitrogens with zero attached hydrogens (tertiary/aromatic N) is 3. The summed E-state index contributed by atoms with van der Waals surface area (Å²) in [6, 6.07) is 13.5. The predicted molar refractivity (Wildman–Crippen MR) is 166 cm³/mol. The number of allylic oxidation sites excluding steroid dienone is 2. The van der Waals surface area contributed by atoms with Crippen LogP contribution in [0.1, 0.15) is 31.2 Å². The molecule has 4 aliphatic rings. The second-order valence-corrected chi connectivity index (χ2v) is 12.9. The molecule has 3 fully saturated rings. The Morgan fingerprint density at radius 3 is 2.30 bits per heavy atom. The van der Waals surface area contributed by atoms with Gasteiger partial charge in [-0.15, -0.1) is 0 Å². The van der Waals surface area contributed by atoms with Crippen LogP contribution in [0.5, 0.6) is 11.5 Å². The number of methoxy groups -OCH3 is 1. The van der Waals surface area contributed by atoms with Gasteiger partial charge in [0.25, 0.3) is 5.69 Å². The Labute approximate surface area is 272 Å². The average molecular weight is 660 g/mol. The van der Waals surface area contributed by atoms with Crippen molar-refractivity contribution in [1.29, 1.82) is 0 Å². The van der Waals surface area contributed by atoms with Crippen molar-refractivity contribution >= 4 is 52.3 Å². The summed E-state index contributed by atoms with van der Waals surface area (Å²) in [6.45, 7) is 1.68. The van der Waals surface area contributed by atoms with Gasteiger partial charge in [-0.05, 0) is 73.7 Å². The summed E-state index contributed by atoms with van der Waals surface area (Å²) >= 11 is 6.04. The van der Waals surface area contributed by atoms with E-state index in [0.29, 0.717) is 11.1 Å². The highest BCUT2D eigenvalue weighted by Gasteiger charge is 2.67. The molecule has 0 spiro atoms. The minimum Gasteiger partial charge on any atom is -0.504 e. The first-order valence-electron chi connectivity index (χ1n) is 14.9. The van der Waals surface area contributed by atoms with Crippen LogP contribution in [0.3, 0.4) is 0 Å². The van der Waals surface area contributed by atoms with Crippen LogP contribution in [0, 0.1) is 45.0 Å². The SMILES string of the molecule is COc1ccc([C@H]2C3=CC[C@@H]4C(=O)N(c5ccc([N+](=O)[O-])cc5)C(=O)[C@@H]4[C@@H]3C[C@H]3C(=O)N(c4ccc(F)c(Cl)c4)C(=O)[C@@]23C)cc1O. The van der Waals surface area contributed by atoms with Crippen molar-refractivity contribution in [3.63, 3.8) is 0 Å². The summed E-state index contributed by atoms with van der Waals surface area (Å²) in [7, 11) is 1.40. The standard InChI is InChI=1S/C34H27ClFN3O8/c1-34-23(31(42)38(33(34)44)19-8-11-25(36)24(35)14-19)15-22-20(29(34)16-3-12-27(47-2)26(40)13-16)9-10-21-28(22)32(43)37(30(21)41)17-4-6-18(7-5-17)39(45)46/h3-9,11-14,21-23,28-29,40H,10,15H2,1-2H3/t21-,22+,23-,28-,29-,34+/m0/s1. The number of ether oxygens (including phenoxy) is 1. The first-order chi connectivity index (χ1) is 22.4. The smallest absolute Gasteiger partial charge is 0.269 e. The van der Waals surface area contributed by atoms with Gasteiger partial charge >= 0.3 is 0 Å². The molecule has 13 heteroatoms. The van der Waals surface area contributed by atoms with E-state index in [1.165, 1.54) is 49.6 Å². The lowest BCUT2D eigenvalue weighted by Crippen LogP contribution is -2.48. The molecule has 3 aromatic rings. The van der Waals surface area contributed by atoms with Crippen molar-refractivity contribution in [2.24, 2.45) is 29.1 Å². The topological polar surface area (TPSA) is 147 Å². The molecule has 2 aliphatic carbocycles. The fraction of sp³-hybridized carbons (Fsp3) is 0.294. The highest BCUT2D eigenvalue weighted by atomic mass is 35.5. The minimum absolute atomic E-state index is 0.0747. The Balaban J connectivity index is 1.35. The zero-order chi connectivity index (χ0) is 33.5. The van der Waals surface area contributed by atoms with Gasteiger partial charge < -0.3 is 9.84 Å². The maximum Gasteiger partial charge on any atom is 0.269 e. The van der Waals surface area contributed by atoms with Crippen LogP contribution in [-0.2, 0) is 19.2 Å². The third-order valence-electron chi connectivity index (χ3n) is 10.3. The number of rotatable bonds is 5. The zero-order valence-electron chi connectivity index (χ0n) is 25.1. The van der Waals surface area contributed by atoms with Crippen molar-refractivity contribution < 1.29 is 38.3 Å². The van der Waals surface area contributed by atoms with Gasteiger partial charge in [0.2, 0.25) is 23.6 Å². The molecule has 1 saturated carbocycles. The monoisotopic (exact) mass is 659 g/mol. The van der Waals surface area contributed by atoms with Crippen LogP contribution in [0.2, 0.25) is 5.02 Å². The van der Waals surface area contributed by atoms with Crippen molar-refractivity contribution in [1.82, 2.24) is 0 Å². The molecule has 240 valence electrons. The molecule has 0 aromatic heterocycles. The van der Waals surface area contributed by atoms with Crippen molar-refractivity contribution in [3.05, 3.63) is 98.8 Å². The molecular weight excluding hydrogens is 633 g/mol. The number of hydrogen-bond donors (Lipinski definition) is 1. The number of halogens is 2. The second kappa shape index (κ2) is 10.7. The minimum atomic E-state index is -1.39. The van der Waals surface area contributed by atoms with E-state index in [9.17, 15) is 38.8 Å². The van der Waals surface area contributed by atoms with Crippen LogP contribution in [0.25, 0.3) is 0 Å². The van der Waals surface area contributed by atoms with Crippen LogP contribution in [0.4, 0.5) is 21.5 Å². The molecule has 2 saturated heterocycles. The molecule has 6 atom stereocenters. The van der Waals surface area contributed by atoms with E-state index in [2.05, 4.69) is 0 Å². The number of anilines is 2. The van der Waals surface area contributed by atoms with Gasteiger partial charge in [0, 0.05) is 18.1 Å². The fourth-order valence-electron chi connectivity index (χ4n) is 8.13. The second-order valence-electron chi connectivity index (χ2n) is 12.5. The molecule has 0 unspecified atom stereocenters. The average Bonchev–Trinajstić information content (AvgIpc) is 3.41. The highest BCUT2D eigenvalue weighted by Crippen LogP contribution is 2.64. The predicted octanol–water partition coefficient (Wildman–Crippen LogP) is 5.54. The number of nitro groups is 1. The zero-order valence-corrected chi connectivity index (χ0v) is 25.8. The number of carbonyl (C=O) groups excluding carboxylic acids is 4. The number of phenolic OH excluding ortho intramolecular Hbond substituents is 1. The number of phenols is 1. The quantitative estimate of drug-likeness (QED) is 0.163. The Morgan fingerprint density at radius 1 is 0.957 bits per heavy atom. The van der Waals surface area contributed by atoms with Gasteiger partial charge in [-0.25, -0.2) is 9.29 Å². The maximum atomic E-state index is 14.5. The maximum absolute atomic E-state index is 14.5. The number of aromatic hydroxyl groups is 1. The van der Waals surface area contributed by atoms with Crippen LogP contribution < -0.4 is 14.5 Å². The van der Waals surface area contributed by atoms with E-state index in [-0.39, 0.29) is 46.4 Å². The fourth-order valence-corrected chi connectivity index (χ4v) is 8.30. The molecular formula is C34H27ClFN3O8. The molecule has 11 nitrogen and oxygen atoms in total. The van der Waals surface area contributed by atoms with E-state index in [1.54, 1.807) is 19.1 Å². The lowest BCUT2D eigenvalue weighted by atomic mass is 9.51. The van der Waals surface area contributed by atoms with E-state index in [0.717, 1.165) is 15.9 Å². The summed E-state index contributed by atoms with van der Waals surface area (Å²) in [4.78, 5) is 69.3. The first-order valence-corrected chi connectivity index (χ1v) is 15.3. The summed E-state index contributed by atoms with van der Waals surface area (Å²) in [5, 5.41) is 21.7. The molecule has 0 radical (unpaired) electrons. The number of hydrogen-bond acceptors (Lipinski definition) is 8. The Hall–Kier alpha value is -5.10. The van der Waals surface area contributed by atoms with Gasteiger partial charge in [0.15, 0.2) is 11.5 Å².